The summed E-state index contributed by atoms with van der Waals surface area (Å²) in [7, 11) is 0. The van der Waals surface area contributed by atoms with Gasteiger partial charge in [0.1, 0.15) is 18.2 Å². The van der Waals surface area contributed by atoms with Gasteiger partial charge in [-0.15, -0.1) is 0 Å². The molecular weight excluding hydrogens is 389 g/mol. The van der Waals surface area contributed by atoms with Crippen LogP contribution in [-0.4, -0.2) is 10.8 Å². The number of halogens is 1. The second-order valence-electron chi connectivity index (χ2n) is 8.14. The Balaban J connectivity index is 1.72. The average molecular weight is 416 g/mol. The summed E-state index contributed by atoms with van der Waals surface area (Å²) < 4.78 is 19.4. The number of carbonyl (C=O) groups is 1. The summed E-state index contributed by atoms with van der Waals surface area (Å²) in [6.45, 7) is 5.90. The molecule has 1 heterocycles. The quantitative estimate of drug-likeness (QED) is 0.420. The third-order valence-electron chi connectivity index (χ3n) is 5.80. The van der Waals surface area contributed by atoms with E-state index in [1.54, 1.807) is 19.1 Å². The van der Waals surface area contributed by atoms with Gasteiger partial charge in [0, 0.05) is 23.0 Å². The highest BCUT2D eigenvalue weighted by Gasteiger charge is 2.22. The lowest BCUT2D eigenvalue weighted by molar-refractivity contribution is 0.101. The molecule has 2 aromatic carbocycles. The maximum Gasteiger partial charge on any atom is 0.161 e. The van der Waals surface area contributed by atoms with Crippen LogP contribution in [0.4, 0.5) is 4.39 Å². The van der Waals surface area contributed by atoms with Gasteiger partial charge in [-0.1, -0.05) is 23.8 Å². The number of hydrogen-bond acceptors (Lipinski definition) is 3. The molecule has 1 aliphatic carbocycles. The summed E-state index contributed by atoms with van der Waals surface area (Å²) in [5, 5.41) is 0. The number of Topliss-reactive ketones (excluding diaryl/α,β-unsaturated/α-hetero) is 1. The highest BCUT2D eigenvalue weighted by atomic mass is 19.1. The summed E-state index contributed by atoms with van der Waals surface area (Å²) in [6, 6.07) is 14.6. The first-order chi connectivity index (χ1) is 14.9. The van der Waals surface area contributed by atoms with Gasteiger partial charge in [0.15, 0.2) is 5.78 Å². The van der Waals surface area contributed by atoms with Crippen LogP contribution in [0.1, 0.15) is 64.5 Å². The van der Waals surface area contributed by atoms with Crippen LogP contribution in [0.25, 0.3) is 11.1 Å². The van der Waals surface area contributed by atoms with Crippen molar-refractivity contribution in [3.05, 3.63) is 94.1 Å². The molecular formula is C27H26FNO2. The minimum absolute atomic E-state index is 0.0332. The predicted molar refractivity (Wildman–Crippen MR) is 122 cm³/mol. The fourth-order valence-electron chi connectivity index (χ4n) is 4.16. The van der Waals surface area contributed by atoms with Crippen molar-refractivity contribution in [2.75, 3.05) is 0 Å². The Morgan fingerprint density at radius 3 is 2.52 bits per heavy atom. The Labute approximate surface area is 182 Å². The molecule has 31 heavy (non-hydrogen) atoms. The van der Waals surface area contributed by atoms with E-state index in [2.05, 4.69) is 18.0 Å². The zero-order valence-electron chi connectivity index (χ0n) is 18.2. The summed E-state index contributed by atoms with van der Waals surface area (Å²) >= 11 is 0. The number of pyridine rings is 1. The summed E-state index contributed by atoms with van der Waals surface area (Å²) in [6.07, 6.45) is 4.83. The van der Waals surface area contributed by atoms with E-state index >= 15 is 0 Å². The molecule has 3 nitrogen and oxygen atoms in total. The van der Waals surface area contributed by atoms with E-state index in [9.17, 15) is 9.18 Å². The van der Waals surface area contributed by atoms with Gasteiger partial charge in [-0.25, -0.2) is 4.39 Å². The van der Waals surface area contributed by atoms with Crippen LogP contribution in [-0.2, 0) is 6.61 Å². The van der Waals surface area contributed by atoms with E-state index in [1.807, 2.05) is 31.3 Å². The molecule has 0 saturated heterocycles. The van der Waals surface area contributed by atoms with Gasteiger partial charge in [-0.2, -0.15) is 0 Å². The first-order valence-corrected chi connectivity index (χ1v) is 10.6. The number of carbonyl (C=O) groups excluding carboxylic acids is 1. The minimum Gasteiger partial charge on any atom is -0.488 e. The van der Waals surface area contributed by atoms with Crippen molar-refractivity contribution in [1.82, 2.24) is 4.98 Å². The largest absolute Gasteiger partial charge is 0.488 e. The number of benzene rings is 2. The maximum atomic E-state index is 13.2. The first-order valence-electron chi connectivity index (χ1n) is 10.6. The van der Waals surface area contributed by atoms with Gasteiger partial charge in [-0.3, -0.25) is 9.78 Å². The highest BCUT2D eigenvalue weighted by Crippen LogP contribution is 2.43. The fourth-order valence-corrected chi connectivity index (χ4v) is 4.16. The number of ether oxygens (including phenoxy) is 1. The molecule has 0 N–H and O–H groups in total. The van der Waals surface area contributed by atoms with E-state index in [0.717, 1.165) is 53.0 Å². The molecule has 0 bridgehead atoms. The number of hydrogen-bond donors (Lipinski definition) is 0. The van der Waals surface area contributed by atoms with Crippen molar-refractivity contribution in [2.24, 2.45) is 0 Å². The monoisotopic (exact) mass is 415 g/mol. The Hall–Kier alpha value is -3.27. The Morgan fingerprint density at radius 2 is 1.77 bits per heavy atom. The lowest BCUT2D eigenvalue weighted by Gasteiger charge is -2.16. The molecule has 158 valence electrons. The summed E-state index contributed by atoms with van der Waals surface area (Å²) in [5.41, 5.74) is 8.08. The van der Waals surface area contributed by atoms with Crippen LogP contribution in [0, 0.1) is 19.7 Å². The number of aromatic nitrogens is 1. The van der Waals surface area contributed by atoms with Gasteiger partial charge < -0.3 is 4.74 Å². The molecule has 0 fully saturated rings. The zero-order valence-corrected chi connectivity index (χ0v) is 18.2. The molecule has 0 saturated carbocycles. The van der Waals surface area contributed by atoms with E-state index < -0.39 is 0 Å². The molecule has 0 aliphatic heterocycles. The third kappa shape index (κ3) is 4.58. The molecule has 4 rings (SSSR count). The minimum atomic E-state index is -0.253. The molecule has 4 heteroatoms. The smallest absolute Gasteiger partial charge is 0.161 e. The molecule has 0 unspecified atom stereocenters. The lowest BCUT2D eigenvalue weighted by Crippen LogP contribution is -2.01. The van der Waals surface area contributed by atoms with Crippen LogP contribution in [0.5, 0.6) is 5.75 Å². The fraction of sp³-hybridized carbons (Fsp3) is 0.259. The van der Waals surface area contributed by atoms with Crippen molar-refractivity contribution in [1.29, 1.82) is 0 Å². The summed E-state index contributed by atoms with van der Waals surface area (Å²) in [4.78, 5) is 16.5. The molecule has 1 aliphatic rings. The Kier molecular flexibility index (Phi) is 5.99. The molecule has 0 amide bonds. The van der Waals surface area contributed by atoms with Crippen molar-refractivity contribution in [3.8, 4) is 5.75 Å². The second kappa shape index (κ2) is 8.84. The summed E-state index contributed by atoms with van der Waals surface area (Å²) in [5.74, 6) is 0.597. The lowest BCUT2D eigenvalue weighted by atomic mass is 9.94. The van der Waals surface area contributed by atoms with Gasteiger partial charge >= 0.3 is 0 Å². The van der Waals surface area contributed by atoms with Gasteiger partial charge in [0.05, 0.1) is 0 Å². The first kappa shape index (κ1) is 21.0. The molecule has 1 aromatic heterocycles. The SMILES string of the molecule is CC(=O)c1cc(C2=C(c3cc(C)ccc3OCc3ccc(F)cc3)CCC2)cnc1C. The third-order valence-corrected chi connectivity index (χ3v) is 5.80. The molecule has 3 aromatic rings. The molecule has 0 atom stereocenters. The Morgan fingerprint density at radius 1 is 1.03 bits per heavy atom. The normalized spacial score (nSPS) is 13.5. The number of allylic oxidation sites excluding steroid dienone is 2. The second-order valence-corrected chi connectivity index (χ2v) is 8.14. The highest BCUT2D eigenvalue weighted by molar-refractivity contribution is 5.98. The molecule has 0 radical (unpaired) electrons. The van der Waals surface area contributed by atoms with Crippen molar-refractivity contribution >= 4 is 16.9 Å². The van der Waals surface area contributed by atoms with Gasteiger partial charge in [-0.05, 0) is 92.6 Å². The molecule has 0 spiro atoms. The van der Waals surface area contributed by atoms with E-state index in [4.69, 9.17) is 4.74 Å². The van der Waals surface area contributed by atoms with E-state index in [0.29, 0.717) is 12.2 Å². The van der Waals surface area contributed by atoms with Gasteiger partial charge in [0.25, 0.3) is 0 Å². The van der Waals surface area contributed by atoms with Crippen molar-refractivity contribution in [2.45, 2.75) is 46.6 Å². The van der Waals surface area contributed by atoms with Crippen LogP contribution < -0.4 is 4.74 Å². The standard InChI is InChI=1S/C27H26FNO2/c1-17-7-12-27(31-16-20-8-10-22(28)11-9-20)26(13-17)24-6-4-5-23(24)21-14-25(19(3)30)18(2)29-15-21/h7-15H,4-6,16H2,1-3H3. The van der Waals surface area contributed by atoms with Crippen LogP contribution >= 0.6 is 0 Å². The van der Waals surface area contributed by atoms with Crippen LogP contribution in [0.3, 0.4) is 0 Å². The van der Waals surface area contributed by atoms with Gasteiger partial charge in [0.2, 0.25) is 0 Å². The number of aryl methyl sites for hydroxylation is 2. The predicted octanol–water partition coefficient (Wildman–Crippen LogP) is 6.71. The average Bonchev–Trinajstić information content (AvgIpc) is 3.24. The number of ketones is 1. The maximum absolute atomic E-state index is 13.2. The number of nitrogens with zero attached hydrogens (tertiary/aromatic N) is 1. The van der Waals surface area contributed by atoms with Crippen LogP contribution in [0.15, 0.2) is 54.7 Å². The van der Waals surface area contributed by atoms with Crippen molar-refractivity contribution < 1.29 is 13.9 Å². The van der Waals surface area contributed by atoms with E-state index in [-0.39, 0.29) is 11.6 Å². The Bertz CT molecular complexity index is 1160. The number of rotatable bonds is 6. The topological polar surface area (TPSA) is 39.2 Å². The van der Waals surface area contributed by atoms with Crippen molar-refractivity contribution in [3.63, 3.8) is 0 Å². The van der Waals surface area contributed by atoms with Crippen LogP contribution in [0.2, 0.25) is 0 Å². The zero-order chi connectivity index (χ0) is 22.0. The van der Waals surface area contributed by atoms with E-state index in [1.165, 1.54) is 23.3 Å².